The summed E-state index contributed by atoms with van der Waals surface area (Å²) in [5, 5.41) is 9.06. The lowest BCUT2D eigenvalue weighted by atomic mass is 10.2. The number of fused-ring (bicyclic) bond motifs is 1. The molecule has 0 radical (unpaired) electrons. The minimum Gasteiger partial charge on any atom is -0.481 e. The number of aliphatic carboxylic acids is 1. The zero-order chi connectivity index (χ0) is 13.3. The highest BCUT2D eigenvalue weighted by atomic mass is 32.1. The van der Waals surface area contributed by atoms with Crippen LogP contribution < -0.4 is 0 Å². The van der Waals surface area contributed by atoms with Gasteiger partial charge in [-0.2, -0.15) is 13.2 Å². The third-order valence-electron chi connectivity index (χ3n) is 2.31. The van der Waals surface area contributed by atoms with E-state index < -0.39 is 17.7 Å². The Bertz CT molecular complexity index is 591. The van der Waals surface area contributed by atoms with E-state index >= 15 is 0 Å². The molecule has 7 heteroatoms. The number of benzene rings is 1. The zero-order valence-corrected chi connectivity index (χ0v) is 9.81. The van der Waals surface area contributed by atoms with Crippen molar-refractivity contribution in [2.24, 2.45) is 0 Å². The van der Waals surface area contributed by atoms with E-state index in [1.165, 1.54) is 17.4 Å². The van der Waals surface area contributed by atoms with Gasteiger partial charge in [0, 0.05) is 6.42 Å². The molecule has 0 aliphatic heterocycles. The van der Waals surface area contributed by atoms with E-state index in [9.17, 15) is 18.0 Å². The fourth-order valence-corrected chi connectivity index (χ4v) is 2.42. The van der Waals surface area contributed by atoms with Crippen molar-refractivity contribution in [3.05, 3.63) is 28.8 Å². The molecule has 1 N–H and O–H groups in total. The molecule has 1 aromatic carbocycles. The lowest BCUT2D eigenvalue weighted by molar-refractivity contribution is -0.138. The van der Waals surface area contributed by atoms with Gasteiger partial charge in [-0.3, -0.25) is 4.79 Å². The number of nitrogens with zero attached hydrogens (tertiary/aromatic N) is 1. The van der Waals surface area contributed by atoms with Gasteiger partial charge < -0.3 is 5.11 Å². The van der Waals surface area contributed by atoms with Crippen molar-refractivity contribution in [1.29, 1.82) is 0 Å². The van der Waals surface area contributed by atoms with Crippen molar-refractivity contribution in [2.75, 3.05) is 0 Å². The predicted octanol–water partition coefficient (Wildman–Crippen LogP) is 3.33. The number of carboxylic acid groups (broad SMARTS) is 1. The summed E-state index contributed by atoms with van der Waals surface area (Å²) in [6, 6.07) is 3.34. The Morgan fingerprint density at radius 2 is 2.11 bits per heavy atom. The number of rotatable bonds is 3. The Morgan fingerprint density at radius 1 is 1.39 bits per heavy atom. The van der Waals surface area contributed by atoms with Gasteiger partial charge in [0.2, 0.25) is 0 Å². The first-order chi connectivity index (χ1) is 8.36. The Hall–Kier alpha value is -1.63. The van der Waals surface area contributed by atoms with Crippen LogP contribution in [0.2, 0.25) is 0 Å². The Kier molecular flexibility index (Phi) is 3.25. The maximum atomic E-state index is 12.5. The van der Waals surface area contributed by atoms with Crippen molar-refractivity contribution in [2.45, 2.75) is 19.0 Å². The maximum absolute atomic E-state index is 12.5. The summed E-state index contributed by atoms with van der Waals surface area (Å²) < 4.78 is 38.1. The van der Waals surface area contributed by atoms with Gasteiger partial charge in [0.05, 0.1) is 27.2 Å². The van der Waals surface area contributed by atoms with E-state index in [1.807, 2.05) is 0 Å². The topological polar surface area (TPSA) is 50.2 Å². The summed E-state index contributed by atoms with van der Waals surface area (Å²) in [7, 11) is 0. The van der Waals surface area contributed by atoms with E-state index in [1.54, 1.807) is 0 Å². The molecular weight excluding hydrogens is 267 g/mol. The smallest absolute Gasteiger partial charge is 0.416 e. The molecule has 0 amide bonds. The highest BCUT2D eigenvalue weighted by molar-refractivity contribution is 7.18. The van der Waals surface area contributed by atoms with Crippen molar-refractivity contribution < 1.29 is 23.1 Å². The van der Waals surface area contributed by atoms with Gasteiger partial charge in [0.15, 0.2) is 0 Å². The summed E-state index contributed by atoms with van der Waals surface area (Å²) in [4.78, 5) is 14.4. The number of aryl methyl sites for hydroxylation is 1. The number of carbonyl (C=O) groups is 1. The number of hydrogen-bond acceptors (Lipinski definition) is 3. The molecular formula is C11H8F3NO2S. The van der Waals surface area contributed by atoms with Crippen molar-refractivity contribution in [1.82, 2.24) is 4.98 Å². The largest absolute Gasteiger partial charge is 0.481 e. The van der Waals surface area contributed by atoms with Gasteiger partial charge >= 0.3 is 12.1 Å². The average Bonchev–Trinajstić information content (AvgIpc) is 2.66. The molecule has 1 aromatic heterocycles. The fourth-order valence-electron chi connectivity index (χ4n) is 1.47. The maximum Gasteiger partial charge on any atom is 0.416 e. The molecule has 0 saturated heterocycles. The van der Waals surface area contributed by atoms with E-state index in [0.29, 0.717) is 9.71 Å². The van der Waals surface area contributed by atoms with E-state index in [4.69, 9.17) is 5.11 Å². The molecule has 0 saturated carbocycles. The first kappa shape index (κ1) is 12.8. The van der Waals surface area contributed by atoms with Gasteiger partial charge in [0.1, 0.15) is 0 Å². The van der Waals surface area contributed by atoms with Crippen LogP contribution in [0.15, 0.2) is 18.2 Å². The van der Waals surface area contributed by atoms with Crippen LogP contribution in [0.1, 0.15) is 17.0 Å². The standard InChI is InChI=1S/C11H8F3NO2S/c12-11(13,14)6-1-2-8-7(5-6)15-9(18-8)3-4-10(16)17/h1-2,5H,3-4H2,(H,16,17). The van der Waals surface area contributed by atoms with Gasteiger partial charge in [-0.25, -0.2) is 4.98 Å². The monoisotopic (exact) mass is 275 g/mol. The molecule has 0 aliphatic carbocycles. The fraction of sp³-hybridized carbons (Fsp3) is 0.273. The highest BCUT2D eigenvalue weighted by Gasteiger charge is 2.30. The van der Waals surface area contributed by atoms with Gasteiger partial charge in [-0.05, 0) is 18.2 Å². The van der Waals surface area contributed by atoms with Crippen LogP contribution in [-0.2, 0) is 17.4 Å². The summed E-state index contributed by atoms with van der Waals surface area (Å²) in [5.41, 5.74) is -0.486. The molecule has 3 nitrogen and oxygen atoms in total. The van der Waals surface area contributed by atoms with Crippen LogP contribution in [0.5, 0.6) is 0 Å². The summed E-state index contributed by atoms with van der Waals surface area (Å²) in [5.74, 6) is -0.953. The normalized spacial score (nSPS) is 11.9. The first-order valence-corrected chi connectivity index (χ1v) is 5.86. The van der Waals surface area contributed by atoms with Crippen LogP contribution in [0.25, 0.3) is 10.2 Å². The molecule has 0 aliphatic rings. The van der Waals surface area contributed by atoms with Gasteiger partial charge in [0.25, 0.3) is 0 Å². The Morgan fingerprint density at radius 3 is 2.72 bits per heavy atom. The average molecular weight is 275 g/mol. The molecule has 18 heavy (non-hydrogen) atoms. The summed E-state index contributed by atoms with van der Waals surface area (Å²) in [6.45, 7) is 0. The number of halogens is 3. The molecule has 0 atom stereocenters. The third kappa shape index (κ3) is 2.79. The lowest BCUT2D eigenvalue weighted by Gasteiger charge is -2.04. The molecule has 2 aromatic rings. The molecule has 96 valence electrons. The SMILES string of the molecule is O=C(O)CCc1nc2cc(C(F)(F)F)ccc2s1. The minimum atomic E-state index is -4.39. The molecule has 0 unspecified atom stereocenters. The molecule has 0 bridgehead atoms. The summed E-state index contributed by atoms with van der Waals surface area (Å²) >= 11 is 1.22. The quantitative estimate of drug-likeness (QED) is 0.934. The van der Waals surface area contributed by atoms with Crippen LogP contribution >= 0.6 is 11.3 Å². The number of hydrogen-bond donors (Lipinski definition) is 1. The van der Waals surface area contributed by atoms with Crippen LogP contribution in [0.4, 0.5) is 13.2 Å². The number of carboxylic acids is 1. The number of aromatic nitrogens is 1. The summed E-state index contributed by atoms with van der Waals surface area (Å²) in [6.07, 6.45) is -4.24. The van der Waals surface area contributed by atoms with Crippen molar-refractivity contribution in [3.63, 3.8) is 0 Å². The first-order valence-electron chi connectivity index (χ1n) is 5.05. The number of alkyl halides is 3. The molecule has 2 rings (SSSR count). The van der Waals surface area contributed by atoms with Gasteiger partial charge in [-0.1, -0.05) is 0 Å². The molecule has 1 heterocycles. The van der Waals surface area contributed by atoms with Crippen molar-refractivity contribution in [3.8, 4) is 0 Å². The minimum absolute atomic E-state index is 0.0774. The number of thiazole rings is 1. The molecule has 0 spiro atoms. The lowest BCUT2D eigenvalue weighted by Crippen LogP contribution is -2.03. The Labute approximate surface area is 104 Å². The van der Waals surface area contributed by atoms with Gasteiger partial charge in [-0.15, -0.1) is 11.3 Å². The second-order valence-electron chi connectivity index (χ2n) is 3.68. The highest BCUT2D eigenvalue weighted by Crippen LogP contribution is 2.32. The van der Waals surface area contributed by atoms with E-state index in [2.05, 4.69) is 4.98 Å². The third-order valence-corrected chi connectivity index (χ3v) is 3.41. The van der Waals surface area contributed by atoms with E-state index in [-0.39, 0.29) is 18.4 Å². The second-order valence-corrected chi connectivity index (χ2v) is 4.80. The second kappa shape index (κ2) is 4.56. The zero-order valence-electron chi connectivity index (χ0n) is 8.99. The van der Waals surface area contributed by atoms with Crippen LogP contribution in [0, 0.1) is 0 Å². The van der Waals surface area contributed by atoms with Crippen molar-refractivity contribution >= 4 is 27.5 Å². The predicted molar refractivity (Wildman–Crippen MR) is 60.6 cm³/mol. The van der Waals surface area contributed by atoms with Crippen LogP contribution in [-0.4, -0.2) is 16.1 Å². The molecule has 0 fully saturated rings. The Balaban J connectivity index is 2.31. The van der Waals surface area contributed by atoms with Crippen LogP contribution in [0.3, 0.4) is 0 Å². The van der Waals surface area contributed by atoms with E-state index in [0.717, 1.165) is 12.1 Å².